The summed E-state index contributed by atoms with van der Waals surface area (Å²) in [5, 5.41) is 30.8. The molecular weight excluding hydrogens is 246 g/mol. The van der Waals surface area contributed by atoms with E-state index in [1.165, 1.54) is 7.11 Å². The van der Waals surface area contributed by atoms with Gasteiger partial charge in [-0.3, -0.25) is 9.59 Å². The van der Waals surface area contributed by atoms with Gasteiger partial charge in [0.15, 0.2) is 12.0 Å². The minimum atomic E-state index is -1.43. The molecule has 0 unspecified atom stereocenters. The molecule has 0 radical (unpaired) electrons. The molecule has 4 atom stereocenters. The fraction of sp³-hybridized carbons (Fsp3) is 0.600. The molecule has 0 amide bonds. The number of anilines is 1. The van der Waals surface area contributed by atoms with Crippen molar-refractivity contribution in [3.8, 4) is 5.75 Å². The summed E-state index contributed by atoms with van der Waals surface area (Å²) in [4.78, 5) is 22.3. The largest absolute Gasteiger partial charge is 0.491 e. The van der Waals surface area contributed by atoms with Crippen LogP contribution >= 0.6 is 0 Å². The highest BCUT2D eigenvalue weighted by Gasteiger charge is 2.39. The molecule has 4 N–H and O–H groups in total. The Hall–Kier alpha value is -1.48. The Labute approximate surface area is 101 Å². The monoisotopic (exact) mass is 259 g/mol. The van der Waals surface area contributed by atoms with Crippen LogP contribution in [-0.4, -0.2) is 53.6 Å². The summed E-state index contributed by atoms with van der Waals surface area (Å²) in [7, 11) is 1.23. The van der Waals surface area contributed by atoms with Crippen molar-refractivity contribution in [2.24, 2.45) is 0 Å². The molecule has 1 saturated heterocycles. The summed E-state index contributed by atoms with van der Waals surface area (Å²) in [6.45, 7) is -0.201. The third-order valence-electron chi connectivity index (χ3n) is 2.86. The highest BCUT2D eigenvalue weighted by atomic mass is 16.5. The first-order valence-electron chi connectivity index (χ1n) is 5.27. The molecule has 8 nitrogen and oxygen atoms in total. The molecule has 1 aliphatic rings. The second-order valence-corrected chi connectivity index (χ2v) is 4.01. The quantitative estimate of drug-likeness (QED) is 0.427. The molecule has 1 fully saturated rings. The number of nitrogens with one attached hydrogen (secondary N) is 1. The summed E-state index contributed by atoms with van der Waals surface area (Å²) in [5.41, 5.74) is -1.63. The Morgan fingerprint density at radius 2 is 1.89 bits per heavy atom. The van der Waals surface area contributed by atoms with Crippen LogP contribution in [0.25, 0.3) is 0 Å². The van der Waals surface area contributed by atoms with E-state index in [4.69, 9.17) is 9.47 Å². The predicted octanol–water partition coefficient (Wildman–Crippen LogP) is -2.86. The number of methoxy groups -OCH3 is 1. The first-order chi connectivity index (χ1) is 8.47. The fourth-order valence-corrected chi connectivity index (χ4v) is 1.77. The molecule has 8 heteroatoms. The highest BCUT2D eigenvalue weighted by molar-refractivity contribution is 5.62. The third kappa shape index (κ3) is 1.89. The Balaban J connectivity index is 2.13. The molecule has 0 spiro atoms. The van der Waals surface area contributed by atoms with Crippen molar-refractivity contribution in [3.63, 3.8) is 0 Å². The van der Waals surface area contributed by atoms with Crippen molar-refractivity contribution in [1.29, 1.82) is 0 Å². The Bertz CT molecular complexity index is 506. The van der Waals surface area contributed by atoms with Crippen LogP contribution in [0.3, 0.4) is 0 Å². The number of hydrogen-bond donors (Lipinski definition) is 4. The SMILES string of the molecule is COc1c(N[C@@H]2OC[C@@H](O)[C@H](O)[C@@H]2O)c(=O)c1=O. The van der Waals surface area contributed by atoms with E-state index in [-0.39, 0.29) is 18.0 Å². The van der Waals surface area contributed by atoms with Gasteiger partial charge < -0.3 is 30.1 Å². The van der Waals surface area contributed by atoms with Gasteiger partial charge in [-0.2, -0.15) is 0 Å². The van der Waals surface area contributed by atoms with Gasteiger partial charge in [0.1, 0.15) is 24.0 Å². The van der Waals surface area contributed by atoms with E-state index in [1.807, 2.05) is 0 Å². The topological polar surface area (TPSA) is 125 Å². The van der Waals surface area contributed by atoms with Crippen molar-refractivity contribution in [3.05, 3.63) is 20.4 Å². The molecular formula is C10H13NO7. The van der Waals surface area contributed by atoms with Gasteiger partial charge >= 0.3 is 0 Å². The van der Waals surface area contributed by atoms with Crippen LogP contribution in [0.5, 0.6) is 5.75 Å². The lowest BCUT2D eigenvalue weighted by molar-refractivity contribution is -0.178. The predicted molar refractivity (Wildman–Crippen MR) is 59.3 cm³/mol. The fourth-order valence-electron chi connectivity index (χ4n) is 1.77. The smallest absolute Gasteiger partial charge is 0.271 e. The van der Waals surface area contributed by atoms with Gasteiger partial charge in [0, 0.05) is 0 Å². The summed E-state index contributed by atoms with van der Waals surface area (Å²) in [5.74, 6) is -0.142. The second-order valence-electron chi connectivity index (χ2n) is 4.01. The molecule has 0 saturated carbocycles. The van der Waals surface area contributed by atoms with Crippen molar-refractivity contribution < 1.29 is 24.8 Å². The minimum Gasteiger partial charge on any atom is -0.491 e. The molecule has 0 aliphatic carbocycles. The first-order valence-corrected chi connectivity index (χ1v) is 5.27. The van der Waals surface area contributed by atoms with Gasteiger partial charge in [-0.15, -0.1) is 0 Å². The normalized spacial score (nSPS) is 32.4. The summed E-state index contributed by atoms with van der Waals surface area (Å²) < 4.78 is 9.74. The standard InChI is InChI=1S/C10H13NO7/c1-17-9-4(6(14)7(9)15)11-10-8(16)5(13)3(12)2-18-10/h3,5,8,10-13,16H,2H2,1H3/t3-,5+,8+,10-/m1/s1. The zero-order chi connectivity index (χ0) is 13.4. The van der Waals surface area contributed by atoms with Crippen LogP contribution in [-0.2, 0) is 4.74 Å². The van der Waals surface area contributed by atoms with Gasteiger partial charge in [-0.05, 0) is 0 Å². The van der Waals surface area contributed by atoms with Crippen LogP contribution < -0.4 is 20.9 Å². The molecule has 1 aromatic carbocycles. The third-order valence-corrected chi connectivity index (χ3v) is 2.86. The van der Waals surface area contributed by atoms with Crippen LogP contribution in [0, 0.1) is 0 Å². The van der Waals surface area contributed by atoms with Crippen LogP contribution in [0.4, 0.5) is 5.69 Å². The first kappa shape index (κ1) is 13.0. The van der Waals surface area contributed by atoms with Crippen LogP contribution in [0.1, 0.15) is 0 Å². The Kier molecular flexibility index (Phi) is 3.35. The lowest BCUT2D eigenvalue weighted by Gasteiger charge is -2.36. The van der Waals surface area contributed by atoms with E-state index in [0.717, 1.165) is 0 Å². The van der Waals surface area contributed by atoms with Gasteiger partial charge in [-0.1, -0.05) is 0 Å². The highest BCUT2D eigenvalue weighted by Crippen LogP contribution is 2.22. The van der Waals surface area contributed by atoms with E-state index >= 15 is 0 Å². The van der Waals surface area contributed by atoms with Crippen LogP contribution in [0.15, 0.2) is 9.59 Å². The van der Waals surface area contributed by atoms with Gasteiger partial charge in [0.05, 0.1) is 13.7 Å². The number of aliphatic hydroxyl groups excluding tert-OH is 3. The average Bonchev–Trinajstić information content (AvgIpc) is 2.37. The Morgan fingerprint density at radius 1 is 1.22 bits per heavy atom. The molecule has 0 aromatic heterocycles. The number of hydrogen-bond acceptors (Lipinski definition) is 8. The van der Waals surface area contributed by atoms with Crippen molar-refractivity contribution in [1.82, 2.24) is 0 Å². The average molecular weight is 259 g/mol. The lowest BCUT2D eigenvalue weighted by atomic mass is 10.0. The van der Waals surface area contributed by atoms with Crippen molar-refractivity contribution in [2.75, 3.05) is 19.0 Å². The summed E-state index contributed by atoms with van der Waals surface area (Å²) in [6.07, 6.45) is -5.12. The molecule has 1 heterocycles. The number of ether oxygens (including phenoxy) is 2. The molecule has 1 aliphatic heterocycles. The van der Waals surface area contributed by atoms with E-state index in [2.05, 4.69) is 5.32 Å². The van der Waals surface area contributed by atoms with E-state index < -0.39 is 35.4 Å². The lowest BCUT2D eigenvalue weighted by Crippen LogP contribution is -2.56. The minimum absolute atomic E-state index is 0.102. The molecule has 1 aromatic rings. The second kappa shape index (κ2) is 4.65. The van der Waals surface area contributed by atoms with Gasteiger partial charge in [0.25, 0.3) is 10.9 Å². The van der Waals surface area contributed by atoms with Crippen LogP contribution in [0.2, 0.25) is 0 Å². The number of aliphatic hydroxyl groups is 3. The Morgan fingerprint density at radius 3 is 2.50 bits per heavy atom. The maximum absolute atomic E-state index is 11.3. The molecule has 0 bridgehead atoms. The maximum atomic E-state index is 11.3. The summed E-state index contributed by atoms with van der Waals surface area (Å²) in [6, 6.07) is 0. The molecule has 2 rings (SSSR count). The maximum Gasteiger partial charge on any atom is 0.271 e. The zero-order valence-corrected chi connectivity index (χ0v) is 9.49. The molecule has 18 heavy (non-hydrogen) atoms. The van der Waals surface area contributed by atoms with E-state index in [9.17, 15) is 24.9 Å². The number of rotatable bonds is 3. The van der Waals surface area contributed by atoms with E-state index in [1.54, 1.807) is 0 Å². The van der Waals surface area contributed by atoms with Gasteiger partial charge in [0.2, 0.25) is 0 Å². The van der Waals surface area contributed by atoms with E-state index in [0.29, 0.717) is 0 Å². The van der Waals surface area contributed by atoms with Crippen molar-refractivity contribution >= 4 is 5.69 Å². The van der Waals surface area contributed by atoms with Gasteiger partial charge in [-0.25, -0.2) is 0 Å². The summed E-state index contributed by atoms with van der Waals surface area (Å²) >= 11 is 0. The van der Waals surface area contributed by atoms with Crippen molar-refractivity contribution in [2.45, 2.75) is 24.5 Å². The molecule has 100 valence electrons. The zero-order valence-electron chi connectivity index (χ0n) is 9.49.